The molecule has 3 heterocycles. The number of hydrogen-bond acceptors (Lipinski definition) is 6. The molecular formula is C35H32N6O3. The van der Waals surface area contributed by atoms with Gasteiger partial charge < -0.3 is 25.6 Å². The van der Waals surface area contributed by atoms with E-state index in [2.05, 4.69) is 16.4 Å². The molecule has 44 heavy (non-hydrogen) atoms. The highest BCUT2D eigenvalue weighted by Gasteiger charge is 2.27. The van der Waals surface area contributed by atoms with Crippen LogP contribution in [0.25, 0.3) is 33.3 Å². The number of carbonyl (C=O) groups is 2. The summed E-state index contributed by atoms with van der Waals surface area (Å²) in [5, 5.41) is 24.8. The van der Waals surface area contributed by atoms with Crippen molar-refractivity contribution in [2.24, 2.45) is 12.8 Å². The first-order chi connectivity index (χ1) is 21.4. The van der Waals surface area contributed by atoms with Gasteiger partial charge in [-0.25, -0.2) is 4.98 Å². The van der Waals surface area contributed by atoms with Gasteiger partial charge in [0.05, 0.1) is 5.69 Å². The van der Waals surface area contributed by atoms with Crippen molar-refractivity contribution >= 4 is 28.5 Å². The average molecular weight is 585 g/mol. The molecule has 3 aromatic carbocycles. The third kappa shape index (κ3) is 5.27. The minimum absolute atomic E-state index is 0.00321. The number of benzene rings is 3. The topological polar surface area (TPSA) is 137 Å². The van der Waals surface area contributed by atoms with E-state index in [-0.39, 0.29) is 29.1 Å². The van der Waals surface area contributed by atoms with Gasteiger partial charge in [-0.2, -0.15) is 5.26 Å². The van der Waals surface area contributed by atoms with Crippen molar-refractivity contribution in [3.8, 4) is 34.2 Å². The molecule has 1 aliphatic rings. The number of amides is 2. The molecule has 6 rings (SSSR count). The lowest BCUT2D eigenvalue weighted by atomic mass is 9.95. The van der Waals surface area contributed by atoms with Crippen molar-refractivity contribution in [3.63, 3.8) is 0 Å². The van der Waals surface area contributed by atoms with Gasteiger partial charge in [-0.1, -0.05) is 42.5 Å². The first-order valence-corrected chi connectivity index (χ1v) is 14.6. The summed E-state index contributed by atoms with van der Waals surface area (Å²) in [4.78, 5) is 33.7. The van der Waals surface area contributed by atoms with Gasteiger partial charge >= 0.3 is 0 Å². The summed E-state index contributed by atoms with van der Waals surface area (Å²) in [6, 6.07) is 27.2. The van der Waals surface area contributed by atoms with Crippen LogP contribution >= 0.6 is 0 Å². The van der Waals surface area contributed by atoms with E-state index >= 15 is 0 Å². The van der Waals surface area contributed by atoms with Crippen molar-refractivity contribution in [2.45, 2.75) is 25.3 Å². The fourth-order valence-electron chi connectivity index (χ4n) is 5.98. The number of anilines is 1. The molecule has 1 aliphatic heterocycles. The van der Waals surface area contributed by atoms with Crippen LogP contribution in [0.5, 0.6) is 5.75 Å². The second-order valence-electron chi connectivity index (χ2n) is 11.0. The number of aryl methyl sites for hydroxylation is 1. The monoisotopic (exact) mass is 584 g/mol. The average Bonchev–Trinajstić information content (AvgIpc) is 3.40. The van der Waals surface area contributed by atoms with E-state index in [1.807, 2.05) is 35.2 Å². The first kappa shape index (κ1) is 28.6. The molecule has 1 unspecified atom stereocenters. The third-order valence-corrected chi connectivity index (χ3v) is 8.31. The molecule has 1 atom stereocenters. The van der Waals surface area contributed by atoms with Gasteiger partial charge in [0.1, 0.15) is 23.1 Å². The summed E-state index contributed by atoms with van der Waals surface area (Å²) >= 11 is 0. The number of nitriles is 1. The number of piperidine rings is 1. The number of carbonyl (C=O) groups excluding carboxylic acids is 2. The molecule has 0 aliphatic carbocycles. The van der Waals surface area contributed by atoms with Crippen LogP contribution in [-0.4, -0.2) is 50.5 Å². The lowest BCUT2D eigenvalue weighted by Crippen LogP contribution is -2.47. The molecule has 1 fully saturated rings. The zero-order chi connectivity index (χ0) is 30.8. The molecule has 9 nitrogen and oxygen atoms in total. The Bertz CT molecular complexity index is 1940. The summed E-state index contributed by atoms with van der Waals surface area (Å²) in [7, 11) is 1.81. The molecule has 5 aromatic rings. The van der Waals surface area contributed by atoms with Gasteiger partial charge in [0, 0.05) is 53.8 Å². The second-order valence-corrected chi connectivity index (χ2v) is 11.0. The van der Waals surface area contributed by atoms with E-state index in [4.69, 9.17) is 5.73 Å². The molecule has 220 valence electrons. The highest BCUT2D eigenvalue weighted by molar-refractivity contribution is 6.07. The van der Waals surface area contributed by atoms with Crippen molar-refractivity contribution in [2.75, 3.05) is 18.4 Å². The quantitative estimate of drug-likeness (QED) is 0.235. The van der Waals surface area contributed by atoms with E-state index in [1.165, 1.54) is 0 Å². The Kier molecular flexibility index (Phi) is 7.84. The molecular weight excluding hydrogens is 552 g/mol. The lowest BCUT2D eigenvalue weighted by molar-refractivity contribution is 0.0623. The second kappa shape index (κ2) is 12.0. The Morgan fingerprint density at radius 2 is 1.82 bits per heavy atom. The minimum Gasteiger partial charge on any atom is -0.507 e. The van der Waals surface area contributed by atoms with E-state index in [1.54, 1.807) is 66.2 Å². The molecule has 0 saturated carbocycles. The molecule has 0 bridgehead atoms. The van der Waals surface area contributed by atoms with Crippen LogP contribution in [0.1, 0.15) is 45.7 Å². The van der Waals surface area contributed by atoms with Crippen LogP contribution in [0.2, 0.25) is 0 Å². The fraction of sp³-hybridized carbons (Fsp3) is 0.200. The Labute approximate surface area is 255 Å². The van der Waals surface area contributed by atoms with Gasteiger partial charge in [-0.3, -0.25) is 9.59 Å². The van der Waals surface area contributed by atoms with Gasteiger partial charge in [-0.05, 0) is 67.3 Å². The Balaban J connectivity index is 1.46. The van der Waals surface area contributed by atoms with Crippen LogP contribution in [-0.2, 0) is 7.05 Å². The van der Waals surface area contributed by atoms with Gasteiger partial charge in [0.2, 0.25) is 0 Å². The van der Waals surface area contributed by atoms with Crippen molar-refractivity contribution in [1.82, 2.24) is 14.5 Å². The molecule has 2 amide bonds. The predicted octanol–water partition coefficient (Wildman–Crippen LogP) is 5.69. The van der Waals surface area contributed by atoms with Gasteiger partial charge in [-0.15, -0.1) is 0 Å². The van der Waals surface area contributed by atoms with E-state index in [0.717, 1.165) is 30.2 Å². The van der Waals surface area contributed by atoms with Crippen LogP contribution in [0.3, 0.4) is 0 Å². The SMILES string of the molecule is Cn1c(C(=O)Nc2nc(-c3ccccc3O)cc(-c3cccc(C(=O)N4CCCCC4CN)c3)c2C#N)cc2ccccc21. The lowest BCUT2D eigenvalue weighted by Gasteiger charge is -2.35. The maximum Gasteiger partial charge on any atom is 0.273 e. The number of hydrogen-bond donors (Lipinski definition) is 3. The van der Waals surface area contributed by atoms with Crippen LogP contribution in [0, 0.1) is 11.3 Å². The third-order valence-electron chi connectivity index (χ3n) is 8.31. The summed E-state index contributed by atoms with van der Waals surface area (Å²) < 4.78 is 1.79. The number of rotatable bonds is 6. The number of phenols is 1. The van der Waals surface area contributed by atoms with Crippen LogP contribution < -0.4 is 11.1 Å². The number of para-hydroxylation sites is 2. The normalized spacial score (nSPS) is 14.8. The molecule has 4 N–H and O–H groups in total. The van der Waals surface area contributed by atoms with E-state index in [9.17, 15) is 20.0 Å². The minimum atomic E-state index is -0.435. The maximum atomic E-state index is 13.6. The molecule has 0 spiro atoms. The Hall–Kier alpha value is -5.46. The molecule has 0 radical (unpaired) electrons. The first-order valence-electron chi connectivity index (χ1n) is 14.6. The number of nitrogens with one attached hydrogen (secondary N) is 1. The number of nitrogens with zero attached hydrogens (tertiary/aromatic N) is 4. The highest BCUT2D eigenvalue weighted by atomic mass is 16.3. The standard InChI is InChI=1S/C35H32N6O3/c1-40-30-14-4-2-9-23(30)18-31(40)34(43)39-33-28(21-37)27(19-29(38-33)26-13-3-5-15-32(26)42)22-10-8-11-24(17-22)35(44)41-16-7-6-12-25(41)20-36/h2-5,8-11,13-15,17-19,25,42H,6-7,12,16,20,36H2,1H3,(H,38,39,43). The number of nitrogens with two attached hydrogens (primary N) is 1. The molecule has 9 heteroatoms. The summed E-state index contributed by atoms with van der Waals surface area (Å²) in [6.07, 6.45) is 2.83. The van der Waals surface area contributed by atoms with E-state index in [0.29, 0.717) is 46.7 Å². The Morgan fingerprint density at radius 1 is 1.02 bits per heavy atom. The molecule has 1 saturated heterocycles. The van der Waals surface area contributed by atoms with Crippen molar-refractivity contribution in [3.05, 3.63) is 102 Å². The van der Waals surface area contributed by atoms with Crippen molar-refractivity contribution in [1.29, 1.82) is 5.26 Å². The van der Waals surface area contributed by atoms with Crippen molar-refractivity contribution < 1.29 is 14.7 Å². The van der Waals surface area contributed by atoms with E-state index < -0.39 is 5.91 Å². The maximum absolute atomic E-state index is 13.6. The number of aromatic nitrogens is 2. The fourth-order valence-corrected chi connectivity index (χ4v) is 5.98. The number of aromatic hydroxyl groups is 1. The zero-order valence-electron chi connectivity index (χ0n) is 24.3. The van der Waals surface area contributed by atoms with Crippen LogP contribution in [0.15, 0.2) is 84.9 Å². The smallest absolute Gasteiger partial charge is 0.273 e. The number of fused-ring (bicyclic) bond motifs is 1. The summed E-state index contributed by atoms with van der Waals surface area (Å²) in [5.41, 5.74) is 9.77. The number of pyridine rings is 1. The highest BCUT2D eigenvalue weighted by Crippen LogP contribution is 2.36. The van der Waals surface area contributed by atoms with Gasteiger partial charge in [0.15, 0.2) is 5.82 Å². The number of likely N-dealkylation sites (tertiary alicyclic amines) is 1. The predicted molar refractivity (Wildman–Crippen MR) is 170 cm³/mol. The van der Waals surface area contributed by atoms with Gasteiger partial charge in [0.25, 0.3) is 11.8 Å². The summed E-state index contributed by atoms with van der Waals surface area (Å²) in [5.74, 6) is -0.493. The Morgan fingerprint density at radius 3 is 2.59 bits per heavy atom. The summed E-state index contributed by atoms with van der Waals surface area (Å²) in [6.45, 7) is 1.05. The molecule has 2 aromatic heterocycles. The largest absolute Gasteiger partial charge is 0.507 e. The number of phenolic OH excluding ortho intramolecular Hbond substituents is 1. The van der Waals surface area contributed by atoms with Crippen LogP contribution in [0.4, 0.5) is 5.82 Å². The zero-order valence-corrected chi connectivity index (χ0v) is 24.3.